The Labute approximate surface area is 126 Å². The first kappa shape index (κ1) is 16.8. The number of nitrogens with one attached hydrogen (secondary N) is 1. The van der Waals surface area contributed by atoms with Crippen LogP contribution in [0.4, 0.5) is 11.4 Å². The predicted molar refractivity (Wildman–Crippen MR) is 86.1 cm³/mol. The summed E-state index contributed by atoms with van der Waals surface area (Å²) < 4.78 is 0. The van der Waals surface area contributed by atoms with Gasteiger partial charge in [0, 0.05) is 11.1 Å². The summed E-state index contributed by atoms with van der Waals surface area (Å²) in [6.07, 6.45) is 1.01. The first-order valence-corrected chi connectivity index (χ1v) is 7.36. The van der Waals surface area contributed by atoms with Crippen LogP contribution in [0.15, 0.2) is 18.2 Å². The zero-order valence-corrected chi connectivity index (χ0v) is 13.4. The number of halogens is 1. The number of amides is 1. The topological polar surface area (TPSA) is 58.4 Å². The smallest absolute Gasteiger partial charge is 0.241 e. The molecule has 0 aliphatic carbocycles. The van der Waals surface area contributed by atoms with Crippen molar-refractivity contribution in [3.05, 3.63) is 23.2 Å². The first-order chi connectivity index (χ1) is 9.36. The van der Waals surface area contributed by atoms with Gasteiger partial charge in [0.05, 0.1) is 17.4 Å². The molecule has 0 bridgehead atoms. The molecule has 0 fully saturated rings. The molecule has 1 aromatic carbocycles. The summed E-state index contributed by atoms with van der Waals surface area (Å²) in [6.45, 7) is 9.10. The highest BCUT2D eigenvalue weighted by atomic mass is 35.5. The van der Waals surface area contributed by atoms with Gasteiger partial charge in [0.25, 0.3) is 0 Å². The van der Waals surface area contributed by atoms with E-state index < -0.39 is 0 Å². The van der Waals surface area contributed by atoms with Crippen molar-refractivity contribution in [2.75, 3.05) is 17.6 Å². The van der Waals surface area contributed by atoms with E-state index in [0.717, 1.165) is 13.0 Å². The molecule has 0 aliphatic rings. The average molecular weight is 298 g/mol. The maximum Gasteiger partial charge on any atom is 0.241 e. The Morgan fingerprint density at radius 1 is 1.40 bits per heavy atom. The van der Waals surface area contributed by atoms with Crippen LogP contribution in [-0.2, 0) is 4.79 Å². The quantitative estimate of drug-likeness (QED) is 0.792. The molecule has 112 valence electrons. The van der Waals surface area contributed by atoms with E-state index in [4.69, 9.17) is 17.3 Å². The Morgan fingerprint density at radius 3 is 2.55 bits per heavy atom. The number of nitrogen functional groups attached to an aromatic ring is 1. The van der Waals surface area contributed by atoms with Gasteiger partial charge in [0.1, 0.15) is 0 Å². The molecule has 1 rings (SSSR count). The molecule has 1 unspecified atom stereocenters. The van der Waals surface area contributed by atoms with Crippen molar-refractivity contribution in [1.82, 2.24) is 4.90 Å². The third kappa shape index (κ3) is 4.39. The highest BCUT2D eigenvalue weighted by Crippen LogP contribution is 2.23. The maximum absolute atomic E-state index is 12.3. The standard InChI is InChI=1S/C15H24ClN3O/c1-5-8-19(10(2)3)11(4)15(20)18-14-7-6-12(16)9-13(14)17/h6-7,9-11H,5,8,17H2,1-4H3,(H,18,20). The van der Waals surface area contributed by atoms with Crippen molar-refractivity contribution in [3.63, 3.8) is 0 Å². The fourth-order valence-electron chi connectivity index (χ4n) is 2.19. The van der Waals surface area contributed by atoms with E-state index in [1.165, 1.54) is 0 Å². The molecular formula is C15H24ClN3O. The number of benzene rings is 1. The Kier molecular flexibility index (Phi) is 6.30. The lowest BCUT2D eigenvalue weighted by molar-refractivity contribution is -0.121. The zero-order chi connectivity index (χ0) is 15.3. The third-order valence-electron chi connectivity index (χ3n) is 3.29. The summed E-state index contributed by atoms with van der Waals surface area (Å²) in [5.74, 6) is -0.0545. The first-order valence-electron chi connectivity index (χ1n) is 6.98. The van der Waals surface area contributed by atoms with Gasteiger partial charge in [-0.1, -0.05) is 18.5 Å². The number of nitrogens with two attached hydrogens (primary N) is 1. The lowest BCUT2D eigenvalue weighted by atomic mass is 10.1. The van der Waals surface area contributed by atoms with Gasteiger partial charge < -0.3 is 11.1 Å². The van der Waals surface area contributed by atoms with E-state index in [-0.39, 0.29) is 11.9 Å². The Hall–Kier alpha value is -1.26. The summed E-state index contributed by atoms with van der Waals surface area (Å²) in [6, 6.07) is 5.18. The number of carbonyl (C=O) groups is 1. The minimum Gasteiger partial charge on any atom is -0.397 e. The van der Waals surface area contributed by atoms with Gasteiger partial charge in [-0.25, -0.2) is 0 Å². The van der Waals surface area contributed by atoms with Gasteiger partial charge in [0.15, 0.2) is 0 Å². The second kappa shape index (κ2) is 7.50. The van der Waals surface area contributed by atoms with Crippen molar-refractivity contribution in [3.8, 4) is 0 Å². The highest BCUT2D eigenvalue weighted by Gasteiger charge is 2.23. The van der Waals surface area contributed by atoms with Gasteiger partial charge in [-0.2, -0.15) is 0 Å². The number of rotatable bonds is 6. The Bertz CT molecular complexity index is 462. The van der Waals surface area contributed by atoms with Gasteiger partial charge >= 0.3 is 0 Å². The summed E-state index contributed by atoms with van der Waals surface area (Å²) >= 11 is 5.85. The van der Waals surface area contributed by atoms with Gasteiger partial charge in [-0.3, -0.25) is 9.69 Å². The number of carbonyl (C=O) groups excluding carboxylic acids is 1. The molecule has 20 heavy (non-hydrogen) atoms. The van der Waals surface area contributed by atoms with Crippen LogP contribution >= 0.6 is 11.6 Å². The molecular weight excluding hydrogens is 274 g/mol. The molecule has 0 aliphatic heterocycles. The van der Waals surface area contributed by atoms with E-state index in [0.29, 0.717) is 22.4 Å². The number of hydrogen-bond donors (Lipinski definition) is 2. The van der Waals surface area contributed by atoms with Crippen molar-refractivity contribution in [2.45, 2.75) is 46.2 Å². The minimum absolute atomic E-state index is 0.0545. The van der Waals surface area contributed by atoms with Crippen LogP contribution in [0, 0.1) is 0 Å². The van der Waals surface area contributed by atoms with E-state index >= 15 is 0 Å². The van der Waals surface area contributed by atoms with Crippen LogP contribution in [-0.4, -0.2) is 29.4 Å². The molecule has 1 aromatic rings. The Morgan fingerprint density at radius 2 is 2.05 bits per heavy atom. The number of anilines is 2. The van der Waals surface area contributed by atoms with Crippen LogP contribution in [0.2, 0.25) is 5.02 Å². The highest BCUT2D eigenvalue weighted by molar-refractivity contribution is 6.31. The molecule has 3 N–H and O–H groups in total. The minimum atomic E-state index is -0.204. The van der Waals surface area contributed by atoms with Crippen LogP contribution in [0.5, 0.6) is 0 Å². The summed E-state index contributed by atoms with van der Waals surface area (Å²) in [5.41, 5.74) is 6.93. The normalized spacial score (nSPS) is 12.8. The van der Waals surface area contributed by atoms with E-state index in [2.05, 4.69) is 31.0 Å². The lowest BCUT2D eigenvalue weighted by Crippen LogP contribution is -2.46. The predicted octanol–water partition coefficient (Wildman–Crippen LogP) is 3.37. The van der Waals surface area contributed by atoms with Gasteiger partial charge in [-0.05, 0) is 51.9 Å². The lowest BCUT2D eigenvalue weighted by Gasteiger charge is -2.31. The molecule has 5 heteroatoms. The SMILES string of the molecule is CCCN(C(C)C)C(C)C(=O)Nc1ccc(Cl)cc1N. The third-order valence-corrected chi connectivity index (χ3v) is 3.53. The molecule has 0 saturated heterocycles. The Balaban J connectivity index is 2.78. The van der Waals surface area contributed by atoms with Crippen molar-refractivity contribution >= 4 is 28.9 Å². The van der Waals surface area contributed by atoms with Gasteiger partial charge in [-0.15, -0.1) is 0 Å². The monoisotopic (exact) mass is 297 g/mol. The number of hydrogen-bond acceptors (Lipinski definition) is 3. The van der Waals surface area contributed by atoms with Crippen molar-refractivity contribution in [2.24, 2.45) is 0 Å². The average Bonchev–Trinajstić information content (AvgIpc) is 2.38. The molecule has 1 amide bonds. The molecule has 0 aromatic heterocycles. The van der Waals surface area contributed by atoms with Crippen LogP contribution in [0.1, 0.15) is 34.1 Å². The molecule has 4 nitrogen and oxygen atoms in total. The summed E-state index contributed by atoms with van der Waals surface area (Å²) in [7, 11) is 0. The van der Waals surface area contributed by atoms with E-state index in [9.17, 15) is 4.79 Å². The molecule has 1 atom stereocenters. The van der Waals surface area contributed by atoms with Crippen molar-refractivity contribution in [1.29, 1.82) is 0 Å². The second-order valence-electron chi connectivity index (χ2n) is 5.23. The van der Waals surface area contributed by atoms with E-state index in [1.54, 1.807) is 18.2 Å². The molecule has 0 saturated carbocycles. The molecule has 0 radical (unpaired) electrons. The number of nitrogens with zero attached hydrogens (tertiary/aromatic N) is 1. The van der Waals surface area contributed by atoms with Gasteiger partial charge in [0.2, 0.25) is 5.91 Å². The van der Waals surface area contributed by atoms with E-state index in [1.807, 2.05) is 6.92 Å². The molecule has 0 spiro atoms. The van der Waals surface area contributed by atoms with Crippen molar-refractivity contribution < 1.29 is 4.79 Å². The fourth-order valence-corrected chi connectivity index (χ4v) is 2.37. The zero-order valence-electron chi connectivity index (χ0n) is 12.6. The van der Waals surface area contributed by atoms with Crippen LogP contribution in [0.3, 0.4) is 0 Å². The molecule has 0 heterocycles. The second-order valence-corrected chi connectivity index (χ2v) is 5.66. The van der Waals surface area contributed by atoms with Crippen LogP contribution < -0.4 is 11.1 Å². The fraction of sp³-hybridized carbons (Fsp3) is 0.533. The maximum atomic E-state index is 12.3. The summed E-state index contributed by atoms with van der Waals surface area (Å²) in [5, 5.41) is 3.43. The largest absolute Gasteiger partial charge is 0.397 e. The summed E-state index contributed by atoms with van der Waals surface area (Å²) in [4.78, 5) is 14.5. The van der Waals surface area contributed by atoms with Crippen LogP contribution in [0.25, 0.3) is 0 Å².